The van der Waals surface area contributed by atoms with Crippen molar-refractivity contribution >= 4 is 0 Å². The van der Waals surface area contributed by atoms with Crippen molar-refractivity contribution < 1.29 is 0 Å². The molecule has 1 aromatic rings. The van der Waals surface area contributed by atoms with E-state index in [2.05, 4.69) is 32.6 Å². The number of nitrogens with one attached hydrogen (secondary N) is 3. The molecule has 0 saturated carbocycles. The highest BCUT2D eigenvalue weighted by Crippen LogP contribution is 2.26. The lowest BCUT2D eigenvalue weighted by molar-refractivity contribution is 0.338. The summed E-state index contributed by atoms with van der Waals surface area (Å²) in [6.07, 6.45) is 5.11. The maximum Gasteiger partial charge on any atom is 0.0949 e. The van der Waals surface area contributed by atoms with Gasteiger partial charge in [0.25, 0.3) is 0 Å². The zero-order valence-electron chi connectivity index (χ0n) is 9.61. The molecule has 3 rings (SSSR count). The normalized spacial score (nSPS) is 33.9. The van der Waals surface area contributed by atoms with Gasteiger partial charge in [0, 0.05) is 37.9 Å². The Morgan fingerprint density at radius 2 is 2.50 bits per heavy atom. The molecule has 0 amide bonds. The highest BCUT2D eigenvalue weighted by molar-refractivity contribution is 5.08. The van der Waals surface area contributed by atoms with Gasteiger partial charge in [-0.15, -0.1) is 0 Å². The maximum absolute atomic E-state index is 4.24. The van der Waals surface area contributed by atoms with Gasteiger partial charge < -0.3 is 9.88 Å². The number of nitrogens with zero attached hydrogens (tertiary/aromatic N) is 2. The van der Waals surface area contributed by atoms with E-state index in [0.29, 0.717) is 18.0 Å². The first-order chi connectivity index (χ1) is 7.84. The summed E-state index contributed by atoms with van der Waals surface area (Å²) < 4.78 is 2.27. The largest absolute Gasteiger partial charge is 0.332 e. The van der Waals surface area contributed by atoms with Crippen LogP contribution < -0.4 is 16.2 Å². The second kappa shape index (κ2) is 4.16. The van der Waals surface area contributed by atoms with Gasteiger partial charge in [-0.25, -0.2) is 4.98 Å². The summed E-state index contributed by atoms with van der Waals surface area (Å²) in [4.78, 5) is 4.24. The molecule has 3 atom stereocenters. The molecule has 3 unspecified atom stereocenters. The van der Waals surface area contributed by atoms with Crippen molar-refractivity contribution in [1.82, 2.24) is 25.7 Å². The lowest BCUT2D eigenvalue weighted by Gasteiger charge is -2.28. The van der Waals surface area contributed by atoms with Crippen LogP contribution in [0.15, 0.2) is 12.5 Å². The predicted molar refractivity (Wildman–Crippen MR) is 61.7 cm³/mol. The van der Waals surface area contributed by atoms with Crippen LogP contribution >= 0.6 is 0 Å². The fourth-order valence-electron chi connectivity index (χ4n) is 2.71. The van der Waals surface area contributed by atoms with E-state index < -0.39 is 0 Å². The van der Waals surface area contributed by atoms with E-state index in [1.54, 1.807) is 0 Å². The molecule has 3 N–H and O–H groups in total. The van der Waals surface area contributed by atoms with Crippen LogP contribution in [0.3, 0.4) is 0 Å². The fraction of sp³-hybridized carbons (Fsp3) is 0.727. The number of imidazole rings is 1. The van der Waals surface area contributed by atoms with Gasteiger partial charge in [0.05, 0.1) is 12.0 Å². The minimum absolute atomic E-state index is 0.463. The summed E-state index contributed by atoms with van der Waals surface area (Å²) >= 11 is 0. The summed E-state index contributed by atoms with van der Waals surface area (Å²) in [6.45, 7) is 5.40. The average molecular weight is 221 g/mol. The van der Waals surface area contributed by atoms with E-state index in [4.69, 9.17) is 0 Å². The van der Waals surface area contributed by atoms with Gasteiger partial charge in [-0.1, -0.05) is 0 Å². The van der Waals surface area contributed by atoms with Crippen molar-refractivity contribution in [2.24, 2.45) is 5.92 Å². The van der Waals surface area contributed by atoms with Gasteiger partial charge in [-0.05, 0) is 19.3 Å². The van der Waals surface area contributed by atoms with E-state index in [0.717, 1.165) is 19.6 Å². The van der Waals surface area contributed by atoms with E-state index in [9.17, 15) is 0 Å². The molecule has 88 valence electrons. The van der Waals surface area contributed by atoms with Crippen LogP contribution in [-0.4, -0.2) is 28.7 Å². The van der Waals surface area contributed by atoms with Gasteiger partial charge >= 0.3 is 0 Å². The van der Waals surface area contributed by atoms with Crippen molar-refractivity contribution in [2.45, 2.75) is 32.0 Å². The summed E-state index contributed by atoms with van der Waals surface area (Å²) in [7, 11) is 0. The Balaban J connectivity index is 1.72. The molecule has 3 heterocycles. The van der Waals surface area contributed by atoms with Gasteiger partial charge in [0.15, 0.2) is 0 Å². The number of hydrogen-bond acceptors (Lipinski definition) is 4. The third-order valence-electron chi connectivity index (χ3n) is 3.78. The number of rotatable bonds is 2. The minimum atomic E-state index is 0.463. The third-order valence-corrected chi connectivity index (χ3v) is 3.78. The lowest BCUT2D eigenvalue weighted by atomic mass is 9.93. The van der Waals surface area contributed by atoms with E-state index in [-0.39, 0.29) is 0 Å². The van der Waals surface area contributed by atoms with Crippen LogP contribution in [0.1, 0.15) is 25.1 Å². The number of hydrogen-bond donors (Lipinski definition) is 3. The Morgan fingerprint density at radius 3 is 3.31 bits per heavy atom. The molecule has 0 aliphatic carbocycles. The number of hydrazine groups is 1. The minimum Gasteiger partial charge on any atom is -0.332 e. The molecule has 0 bridgehead atoms. The van der Waals surface area contributed by atoms with E-state index in [1.165, 1.54) is 12.1 Å². The van der Waals surface area contributed by atoms with Crippen molar-refractivity contribution in [3.63, 3.8) is 0 Å². The first-order valence-corrected chi connectivity index (χ1v) is 6.06. The molecular formula is C11H19N5. The van der Waals surface area contributed by atoms with Crippen LogP contribution in [0.5, 0.6) is 0 Å². The van der Waals surface area contributed by atoms with Crippen LogP contribution in [0.4, 0.5) is 0 Å². The molecule has 2 aliphatic rings. The third kappa shape index (κ3) is 1.75. The second-order valence-corrected chi connectivity index (χ2v) is 4.83. The second-order valence-electron chi connectivity index (χ2n) is 4.83. The molecular weight excluding hydrogens is 202 g/mol. The van der Waals surface area contributed by atoms with Crippen LogP contribution in [-0.2, 0) is 6.54 Å². The molecule has 1 fully saturated rings. The first-order valence-electron chi connectivity index (χ1n) is 6.06. The molecule has 5 heteroatoms. The summed E-state index contributed by atoms with van der Waals surface area (Å²) in [5.74, 6) is 0.693. The predicted octanol–water partition coefficient (Wildman–Crippen LogP) is 0.0300. The summed E-state index contributed by atoms with van der Waals surface area (Å²) in [5.41, 5.74) is 7.84. The van der Waals surface area contributed by atoms with Crippen LogP contribution in [0.25, 0.3) is 0 Å². The first kappa shape index (κ1) is 10.3. The maximum atomic E-state index is 4.24. The van der Waals surface area contributed by atoms with Crippen LogP contribution in [0, 0.1) is 5.92 Å². The Hall–Kier alpha value is -0.910. The van der Waals surface area contributed by atoms with Crippen molar-refractivity contribution in [3.05, 3.63) is 18.2 Å². The van der Waals surface area contributed by atoms with E-state index >= 15 is 0 Å². The highest BCUT2D eigenvalue weighted by Gasteiger charge is 2.28. The lowest BCUT2D eigenvalue weighted by Crippen LogP contribution is -2.36. The Morgan fingerprint density at radius 1 is 1.56 bits per heavy atom. The van der Waals surface area contributed by atoms with Crippen LogP contribution in [0.2, 0.25) is 0 Å². The van der Waals surface area contributed by atoms with Crippen molar-refractivity contribution in [3.8, 4) is 0 Å². The molecule has 1 saturated heterocycles. The molecule has 2 aliphatic heterocycles. The molecule has 0 aromatic carbocycles. The van der Waals surface area contributed by atoms with Crippen molar-refractivity contribution in [2.75, 3.05) is 13.1 Å². The van der Waals surface area contributed by atoms with Crippen molar-refractivity contribution in [1.29, 1.82) is 0 Å². The topological polar surface area (TPSA) is 53.9 Å². The zero-order valence-corrected chi connectivity index (χ0v) is 9.61. The molecule has 1 aromatic heterocycles. The fourth-order valence-corrected chi connectivity index (χ4v) is 2.71. The quantitative estimate of drug-likeness (QED) is 0.659. The molecule has 16 heavy (non-hydrogen) atoms. The van der Waals surface area contributed by atoms with Gasteiger partial charge in [0.2, 0.25) is 0 Å². The zero-order chi connectivity index (χ0) is 11.0. The van der Waals surface area contributed by atoms with E-state index in [1.807, 2.05) is 12.5 Å². The van der Waals surface area contributed by atoms with Gasteiger partial charge in [0.1, 0.15) is 0 Å². The SMILES string of the molecule is CC1NNCC1CC1NCCn2cncc21. The number of aromatic nitrogens is 2. The summed E-state index contributed by atoms with van der Waals surface area (Å²) in [5, 5.41) is 3.59. The highest BCUT2D eigenvalue weighted by atomic mass is 15.4. The number of fused-ring (bicyclic) bond motifs is 1. The monoisotopic (exact) mass is 221 g/mol. The van der Waals surface area contributed by atoms with Gasteiger partial charge in [-0.2, -0.15) is 0 Å². The Labute approximate surface area is 95.6 Å². The molecule has 5 nitrogen and oxygen atoms in total. The smallest absolute Gasteiger partial charge is 0.0949 e. The summed E-state index contributed by atoms with van der Waals surface area (Å²) in [6, 6.07) is 1.02. The average Bonchev–Trinajstić information content (AvgIpc) is 2.89. The molecule has 0 spiro atoms. The Bertz CT molecular complexity index is 361. The van der Waals surface area contributed by atoms with Gasteiger partial charge in [-0.3, -0.25) is 10.9 Å². The Kier molecular flexibility index (Phi) is 2.67. The standard InChI is InChI=1S/C11H19N5/c1-8-9(5-14-15-8)4-10-11-6-12-7-16(11)3-2-13-10/h6-10,13-15H,2-5H2,1H3. The molecule has 0 radical (unpaired) electrons.